The van der Waals surface area contributed by atoms with Crippen LogP contribution in [0.25, 0.3) is 5.57 Å². The van der Waals surface area contributed by atoms with Crippen LogP contribution in [0.1, 0.15) is 29.8 Å². The molecule has 0 saturated heterocycles. The monoisotopic (exact) mass is 270 g/mol. The number of carbonyl (C=O) groups is 1. The van der Waals surface area contributed by atoms with Crippen molar-refractivity contribution in [2.45, 2.75) is 32.6 Å². The number of hydrogen-bond acceptors (Lipinski definition) is 4. The highest BCUT2D eigenvalue weighted by Crippen LogP contribution is 2.36. The molecule has 0 unspecified atom stereocenters. The Bertz CT molecular complexity index is 536. The highest BCUT2D eigenvalue weighted by atomic mass is 19.1. The van der Waals surface area contributed by atoms with Crippen LogP contribution in [0.5, 0.6) is 0 Å². The molecule has 0 aliphatic heterocycles. The highest BCUT2D eigenvalue weighted by Gasteiger charge is 2.28. The summed E-state index contributed by atoms with van der Waals surface area (Å²) in [5.41, 5.74) is 1.53. The quantitative estimate of drug-likeness (QED) is 0.800. The zero-order chi connectivity index (χ0) is 14.0. The molecule has 1 aromatic rings. The summed E-state index contributed by atoms with van der Waals surface area (Å²) in [7, 11) is 1.50. The molecule has 0 amide bonds. The van der Waals surface area contributed by atoms with E-state index >= 15 is 0 Å². The van der Waals surface area contributed by atoms with Crippen molar-refractivity contribution < 1.29 is 24.1 Å². The van der Waals surface area contributed by atoms with Crippen molar-refractivity contribution in [2.24, 2.45) is 0 Å². The van der Waals surface area contributed by atoms with Gasteiger partial charge in [0, 0.05) is 23.9 Å². The molecule has 1 aliphatic carbocycles. The van der Waals surface area contributed by atoms with Crippen molar-refractivity contribution >= 4 is 11.5 Å². The molecule has 0 fully saturated rings. The first kappa shape index (κ1) is 13.7. The number of halogens is 1. The third-order valence-electron chi connectivity index (χ3n) is 3.13. The molecule has 0 spiro atoms. The lowest BCUT2D eigenvalue weighted by Gasteiger charge is -2.17. The van der Waals surface area contributed by atoms with Gasteiger partial charge in [0.1, 0.15) is 6.73 Å². The predicted octanol–water partition coefficient (Wildman–Crippen LogP) is 1.08. The van der Waals surface area contributed by atoms with Crippen LogP contribution in [-0.4, -0.2) is 33.1 Å². The molecule has 1 heterocycles. The second kappa shape index (κ2) is 5.50. The van der Waals surface area contributed by atoms with Crippen molar-refractivity contribution in [3.63, 3.8) is 0 Å². The van der Waals surface area contributed by atoms with E-state index in [9.17, 15) is 14.3 Å². The van der Waals surface area contributed by atoms with E-state index in [4.69, 9.17) is 9.84 Å². The molecule has 1 aliphatic rings. The van der Waals surface area contributed by atoms with Gasteiger partial charge in [0.2, 0.25) is 5.83 Å². The normalized spacial score (nSPS) is 17.2. The number of aliphatic hydroxyl groups excluding tert-OH is 1. The number of aliphatic hydroxyl groups is 1. The summed E-state index contributed by atoms with van der Waals surface area (Å²) in [5.74, 6) is -2.76. The van der Waals surface area contributed by atoms with E-state index < -0.39 is 11.8 Å². The van der Waals surface area contributed by atoms with Gasteiger partial charge in [-0.1, -0.05) is 0 Å². The van der Waals surface area contributed by atoms with Gasteiger partial charge in [-0.2, -0.15) is 9.49 Å². The molecule has 2 N–H and O–H groups in total. The zero-order valence-corrected chi connectivity index (χ0v) is 10.5. The molecule has 6 nitrogen and oxygen atoms in total. The van der Waals surface area contributed by atoms with E-state index in [1.165, 1.54) is 11.8 Å². The number of nitrogens with zero attached hydrogens (tertiary/aromatic N) is 2. The first-order valence-electron chi connectivity index (χ1n) is 5.90. The fraction of sp³-hybridized carbons (Fsp3) is 0.500. The SMILES string of the molecule is COCn1nc(CO)c2c1CCC/C2=C(/F)C(=O)O. The number of aliphatic carboxylic acids is 1. The van der Waals surface area contributed by atoms with E-state index in [-0.39, 0.29) is 24.6 Å². The van der Waals surface area contributed by atoms with Gasteiger partial charge < -0.3 is 14.9 Å². The van der Waals surface area contributed by atoms with Gasteiger partial charge in [-0.15, -0.1) is 0 Å². The molecular weight excluding hydrogens is 255 g/mol. The summed E-state index contributed by atoms with van der Waals surface area (Å²) in [6.45, 7) is -0.181. The van der Waals surface area contributed by atoms with Gasteiger partial charge in [0.25, 0.3) is 0 Å². The van der Waals surface area contributed by atoms with Gasteiger partial charge in [-0.3, -0.25) is 0 Å². The molecule has 1 aromatic heterocycles. The third-order valence-corrected chi connectivity index (χ3v) is 3.13. The lowest BCUT2D eigenvalue weighted by molar-refractivity contribution is -0.134. The number of rotatable bonds is 4. The number of carboxylic acids is 1. The molecule has 0 radical (unpaired) electrons. The van der Waals surface area contributed by atoms with Crippen LogP contribution in [-0.2, 0) is 29.3 Å². The Labute approximate surface area is 109 Å². The molecule has 0 aromatic carbocycles. The van der Waals surface area contributed by atoms with Crippen LogP contribution in [0.15, 0.2) is 5.83 Å². The molecule has 19 heavy (non-hydrogen) atoms. The summed E-state index contributed by atoms with van der Waals surface area (Å²) in [5, 5.41) is 22.2. The molecule has 2 rings (SSSR count). The fourth-order valence-corrected chi connectivity index (χ4v) is 2.40. The zero-order valence-electron chi connectivity index (χ0n) is 10.5. The van der Waals surface area contributed by atoms with Crippen LogP contribution in [0.3, 0.4) is 0 Å². The largest absolute Gasteiger partial charge is 0.476 e. The van der Waals surface area contributed by atoms with E-state index in [0.717, 1.165) is 0 Å². The molecule has 7 heteroatoms. The van der Waals surface area contributed by atoms with Crippen LogP contribution in [0.2, 0.25) is 0 Å². The summed E-state index contributed by atoms with van der Waals surface area (Å²) in [6, 6.07) is 0. The van der Waals surface area contributed by atoms with Crippen molar-refractivity contribution in [2.75, 3.05) is 7.11 Å². The lowest BCUT2D eigenvalue weighted by atomic mass is 9.89. The number of carboxylic acid groups (broad SMARTS) is 1. The maximum Gasteiger partial charge on any atom is 0.365 e. The van der Waals surface area contributed by atoms with Crippen molar-refractivity contribution in [1.29, 1.82) is 0 Å². The lowest BCUT2D eigenvalue weighted by Crippen LogP contribution is -2.12. The first-order chi connectivity index (χ1) is 9.10. The molecule has 0 saturated carbocycles. The summed E-state index contributed by atoms with van der Waals surface area (Å²) in [4.78, 5) is 10.8. The maximum atomic E-state index is 13.7. The average Bonchev–Trinajstić information content (AvgIpc) is 2.76. The van der Waals surface area contributed by atoms with E-state index in [1.54, 1.807) is 0 Å². The molecule has 104 valence electrons. The minimum atomic E-state index is -1.59. The third kappa shape index (κ3) is 2.39. The Morgan fingerprint density at radius 1 is 1.53 bits per heavy atom. The number of methoxy groups -OCH3 is 1. The van der Waals surface area contributed by atoms with Crippen LogP contribution in [0, 0.1) is 0 Å². The number of ether oxygens (including phenoxy) is 1. The Balaban J connectivity index is 2.60. The minimum Gasteiger partial charge on any atom is -0.476 e. The second-order valence-electron chi connectivity index (χ2n) is 4.30. The summed E-state index contributed by atoms with van der Waals surface area (Å²) >= 11 is 0. The van der Waals surface area contributed by atoms with Crippen LogP contribution in [0.4, 0.5) is 4.39 Å². The van der Waals surface area contributed by atoms with E-state index in [0.29, 0.717) is 30.5 Å². The standard InChI is InChI=1S/C12H15FN2O4/c1-19-6-15-9-4-2-3-7(11(13)12(17)18)10(9)8(5-16)14-15/h16H,2-6H2,1H3,(H,17,18)/b11-7-. The first-order valence-corrected chi connectivity index (χ1v) is 5.90. The van der Waals surface area contributed by atoms with Gasteiger partial charge in [-0.25, -0.2) is 9.48 Å². The number of hydrogen-bond donors (Lipinski definition) is 2. The topological polar surface area (TPSA) is 84.6 Å². The van der Waals surface area contributed by atoms with Crippen LogP contribution < -0.4 is 0 Å². The van der Waals surface area contributed by atoms with Gasteiger partial charge in [0.05, 0.1) is 12.3 Å². The summed E-state index contributed by atoms with van der Waals surface area (Å²) < 4.78 is 20.3. The van der Waals surface area contributed by atoms with Crippen LogP contribution >= 0.6 is 0 Å². The van der Waals surface area contributed by atoms with Gasteiger partial charge in [0.15, 0.2) is 0 Å². The second-order valence-corrected chi connectivity index (χ2v) is 4.30. The fourth-order valence-electron chi connectivity index (χ4n) is 2.40. The average molecular weight is 270 g/mol. The Morgan fingerprint density at radius 3 is 2.84 bits per heavy atom. The minimum absolute atomic E-state index is 0.111. The van der Waals surface area contributed by atoms with Gasteiger partial charge in [-0.05, 0) is 19.3 Å². The number of allylic oxidation sites excluding steroid dienone is 1. The Hall–Kier alpha value is -1.73. The highest BCUT2D eigenvalue weighted by molar-refractivity contribution is 5.95. The molecular formula is C12H15FN2O4. The van der Waals surface area contributed by atoms with Crippen molar-refractivity contribution in [3.8, 4) is 0 Å². The van der Waals surface area contributed by atoms with Crippen molar-refractivity contribution in [3.05, 3.63) is 22.8 Å². The Morgan fingerprint density at radius 2 is 2.26 bits per heavy atom. The van der Waals surface area contributed by atoms with E-state index in [1.807, 2.05) is 0 Å². The predicted molar refractivity (Wildman–Crippen MR) is 63.8 cm³/mol. The van der Waals surface area contributed by atoms with E-state index in [2.05, 4.69) is 5.10 Å². The maximum absolute atomic E-state index is 13.7. The van der Waals surface area contributed by atoms with Gasteiger partial charge >= 0.3 is 5.97 Å². The number of aromatic nitrogens is 2. The summed E-state index contributed by atoms with van der Waals surface area (Å²) in [6.07, 6.45) is 1.63. The Kier molecular flexibility index (Phi) is 3.96. The van der Waals surface area contributed by atoms with Crippen molar-refractivity contribution in [1.82, 2.24) is 9.78 Å². The molecule has 0 bridgehead atoms. The smallest absolute Gasteiger partial charge is 0.365 e. The number of fused-ring (bicyclic) bond motifs is 1. The molecule has 0 atom stereocenters.